The summed E-state index contributed by atoms with van der Waals surface area (Å²) in [5.74, 6) is 0.546. The van der Waals surface area contributed by atoms with Gasteiger partial charge in [0.1, 0.15) is 43.4 Å². The summed E-state index contributed by atoms with van der Waals surface area (Å²) in [7, 11) is -4.83. The Balaban J connectivity index is 1.02. The minimum atomic E-state index is -4.83. The number of hydrogen-bond donors (Lipinski definition) is 5. The predicted molar refractivity (Wildman–Crippen MR) is 173 cm³/mol. The smallest absolute Gasteiger partial charge is 0.394 e. The van der Waals surface area contributed by atoms with Crippen molar-refractivity contribution in [3.05, 3.63) is 81.9 Å². The van der Waals surface area contributed by atoms with Gasteiger partial charge in [-0.2, -0.15) is 15.1 Å². The maximum Gasteiger partial charge on any atom is 0.472 e. The Kier molecular flexibility index (Phi) is 9.65. The normalized spacial score (nSPS) is 24.9. The van der Waals surface area contributed by atoms with Crippen LogP contribution in [0.15, 0.2) is 70.0 Å². The molecule has 6 heterocycles. The number of aliphatic hydroxyl groups excluding tert-OH is 2. The zero-order chi connectivity index (χ0) is 35.0. The van der Waals surface area contributed by atoms with Crippen LogP contribution >= 0.6 is 19.6 Å². The second kappa shape index (κ2) is 14.1. The van der Waals surface area contributed by atoms with Crippen LogP contribution in [0, 0.1) is 0 Å². The van der Waals surface area contributed by atoms with Crippen molar-refractivity contribution in [2.24, 2.45) is 0 Å². The van der Waals surface area contributed by atoms with E-state index in [2.05, 4.69) is 30.0 Å². The molecule has 5 aromatic rings. The first-order chi connectivity index (χ1) is 24.1. The van der Waals surface area contributed by atoms with Crippen molar-refractivity contribution in [3.63, 3.8) is 0 Å². The van der Waals surface area contributed by atoms with Crippen LogP contribution in [0.2, 0.25) is 0 Å². The molecule has 6 N–H and O–H groups in total. The molecular weight excluding hydrogens is 699 g/mol. The first-order valence-electron chi connectivity index (χ1n) is 15.2. The fourth-order valence-corrected chi connectivity index (χ4v) is 7.54. The van der Waals surface area contributed by atoms with Gasteiger partial charge in [-0.15, -0.1) is 11.8 Å². The highest BCUT2D eigenvalue weighted by atomic mass is 32.2. The van der Waals surface area contributed by atoms with E-state index in [4.69, 9.17) is 24.3 Å². The van der Waals surface area contributed by atoms with Gasteiger partial charge in [0.2, 0.25) is 5.95 Å². The summed E-state index contributed by atoms with van der Waals surface area (Å²) in [5, 5.41) is 24.8. The highest BCUT2D eigenvalue weighted by molar-refractivity contribution is 7.98. The number of benzene rings is 1. The summed E-state index contributed by atoms with van der Waals surface area (Å²) < 4.78 is 39.5. The molecule has 7 atom stereocenters. The lowest BCUT2D eigenvalue weighted by molar-refractivity contribution is -0.0564. The van der Waals surface area contributed by atoms with Crippen LogP contribution in [-0.4, -0.2) is 96.6 Å². The molecule has 0 saturated carbocycles. The zero-order valence-electron chi connectivity index (χ0n) is 25.9. The Morgan fingerprint density at radius 3 is 2.62 bits per heavy atom. The average molecular weight is 731 g/mol. The van der Waals surface area contributed by atoms with Gasteiger partial charge in [0, 0.05) is 35.3 Å². The van der Waals surface area contributed by atoms with E-state index >= 15 is 0 Å². The van der Waals surface area contributed by atoms with Crippen molar-refractivity contribution in [2.45, 2.75) is 60.4 Å². The van der Waals surface area contributed by atoms with E-state index in [0.717, 1.165) is 4.90 Å². The number of phosphoric ester groups is 1. The van der Waals surface area contributed by atoms with Crippen LogP contribution in [0.5, 0.6) is 0 Å². The molecule has 0 amide bonds. The number of thioether (sulfide) groups is 1. The summed E-state index contributed by atoms with van der Waals surface area (Å²) in [6.07, 6.45) is -0.765. The molecule has 2 fully saturated rings. The van der Waals surface area contributed by atoms with Crippen molar-refractivity contribution in [2.75, 3.05) is 18.9 Å². The Morgan fingerprint density at radius 1 is 1.08 bits per heavy atom. The minimum absolute atomic E-state index is 0.0206. The lowest BCUT2D eigenvalue weighted by Gasteiger charge is -2.21. The Morgan fingerprint density at radius 2 is 1.86 bits per heavy atom. The Bertz CT molecular complexity index is 2130. The van der Waals surface area contributed by atoms with Crippen LogP contribution in [0.3, 0.4) is 0 Å². The third-order valence-corrected chi connectivity index (χ3v) is 10.2. The molecule has 7 rings (SSSR count). The fourth-order valence-electron chi connectivity index (χ4n) is 5.71. The van der Waals surface area contributed by atoms with Crippen molar-refractivity contribution in [1.82, 2.24) is 43.8 Å². The van der Waals surface area contributed by atoms with Gasteiger partial charge in [-0.1, -0.05) is 18.2 Å². The number of aliphatic hydroxyl groups is 2. The van der Waals surface area contributed by atoms with Gasteiger partial charge in [0.25, 0.3) is 5.56 Å². The van der Waals surface area contributed by atoms with E-state index in [1.165, 1.54) is 44.6 Å². The number of H-pyrrole nitrogens is 1. The molecule has 0 aliphatic carbocycles. The van der Waals surface area contributed by atoms with E-state index in [9.17, 15) is 29.3 Å². The van der Waals surface area contributed by atoms with Crippen LogP contribution in [0.4, 0.5) is 5.95 Å². The van der Waals surface area contributed by atoms with Crippen LogP contribution < -0.4 is 17.0 Å². The predicted octanol–water partition coefficient (Wildman–Crippen LogP) is 0.262. The molecule has 0 bridgehead atoms. The number of hydrogen-bond acceptors (Lipinski definition) is 16. The zero-order valence-corrected chi connectivity index (χ0v) is 27.6. The van der Waals surface area contributed by atoms with Crippen LogP contribution in [0.1, 0.15) is 30.9 Å². The summed E-state index contributed by atoms with van der Waals surface area (Å²) in [6, 6.07) is 9.62. The van der Waals surface area contributed by atoms with Gasteiger partial charge in [-0.3, -0.25) is 28.0 Å². The highest BCUT2D eigenvalue weighted by Gasteiger charge is 2.43. The van der Waals surface area contributed by atoms with Gasteiger partial charge < -0.3 is 30.3 Å². The van der Waals surface area contributed by atoms with E-state index in [1.807, 2.05) is 30.3 Å². The third kappa shape index (κ3) is 7.13. The maximum atomic E-state index is 13.2. The second-order valence-electron chi connectivity index (χ2n) is 11.4. The van der Waals surface area contributed by atoms with Gasteiger partial charge in [0.15, 0.2) is 17.0 Å². The molecule has 50 heavy (non-hydrogen) atoms. The number of phosphoric acid groups is 1. The summed E-state index contributed by atoms with van der Waals surface area (Å²) >= 11 is 1.51. The van der Waals surface area contributed by atoms with Gasteiger partial charge >= 0.3 is 13.5 Å². The van der Waals surface area contributed by atoms with Crippen molar-refractivity contribution < 1.29 is 38.2 Å². The van der Waals surface area contributed by atoms with Crippen LogP contribution in [0.25, 0.3) is 17.0 Å². The molecule has 0 radical (unpaired) electrons. The molecule has 1 unspecified atom stereocenters. The lowest BCUT2D eigenvalue weighted by atomic mass is 10.2. The molecule has 2 aliphatic heterocycles. The average Bonchev–Trinajstić information content (AvgIpc) is 3.90. The molecule has 264 valence electrons. The molecular formula is C28H31N10O10PS. The van der Waals surface area contributed by atoms with Gasteiger partial charge in [0.05, 0.1) is 25.6 Å². The van der Waals surface area contributed by atoms with Crippen LogP contribution in [-0.2, 0) is 28.8 Å². The largest absolute Gasteiger partial charge is 0.472 e. The van der Waals surface area contributed by atoms with Crippen molar-refractivity contribution in [1.29, 1.82) is 0 Å². The molecule has 0 spiro atoms. The molecule has 20 nitrogen and oxygen atoms in total. The number of nitrogens with two attached hydrogens (primary N) is 1. The monoisotopic (exact) mass is 730 g/mol. The number of imidazole rings is 1. The van der Waals surface area contributed by atoms with Crippen molar-refractivity contribution >= 4 is 36.7 Å². The lowest BCUT2D eigenvalue weighted by Crippen LogP contribution is -2.30. The molecule has 4 aromatic heterocycles. The molecule has 2 saturated heterocycles. The first kappa shape index (κ1) is 34.2. The van der Waals surface area contributed by atoms with E-state index in [0.29, 0.717) is 11.3 Å². The Hall–Kier alpha value is -4.31. The number of aromatic amines is 1. The van der Waals surface area contributed by atoms with E-state index in [-0.39, 0.29) is 35.8 Å². The van der Waals surface area contributed by atoms with Gasteiger partial charge in [-0.05, 0) is 12.1 Å². The topological polar surface area (TPSA) is 270 Å². The number of nitrogens with one attached hydrogen (secondary N) is 1. The highest BCUT2D eigenvalue weighted by Crippen LogP contribution is 2.49. The fraction of sp³-hybridized carbons (Fsp3) is 0.393. The second-order valence-corrected chi connectivity index (χ2v) is 13.8. The van der Waals surface area contributed by atoms with Gasteiger partial charge in [-0.25, -0.2) is 24.0 Å². The SMILES string of the molecule is Nc1nc2c(ncn2[C@H]2C[C@H](O)[C@@H](COP(=O)(O)O[C@H]3C[C@H](n4cc(CSc5ccccc5)c(-n5cncn5)nc4=O)O[C@@H]3CO)O2)c(=O)[nH]1. The minimum Gasteiger partial charge on any atom is -0.394 e. The van der Waals surface area contributed by atoms with Crippen molar-refractivity contribution in [3.8, 4) is 5.82 Å². The maximum absolute atomic E-state index is 13.2. The number of fused-ring (bicyclic) bond motifs is 1. The Labute approximate surface area is 285 Å². The number of aromatic nitrogens is 9. The first-order valence-corrected chi connectivity index (χ1v) is 17.7. The summed E-state index contributed by atoms with van der Waals surface area (Å²) in [5.41, 5.74) is 5.20. The third-order valence-electron chi connectivity index (χ3n) is 8.08. The number of rotatable bonds is 12. The standard InChI is InChI=1S/C28H31N10O10PS/c29-27-33-25-23(26(41)35-27)31-14-37(25)21-6-17(40)20(47-21)10-45-49(43,44)48-18-7-22(46-19(18)9-39)36-8-15(11-50-16-4-2-1-3-5-16)24(34-28(36)42)38-13-30-12-32-38/h1-5,8,12-14,17-22,39-40H,6-7,9-11H2,(H,43,44)(H3,29,33,35,41)/t17-,18-,19+,20+,21+,22+/m0/s1. The van der Waals surface area contributed by atoms with E-state index < -0.39 is 69.2 Å². The molecule has 2 aliphatic rings. The number of nitrogens with zero attached hydrogens (tertiary/aromatic N) is 8. The number of ether oxygens (including phenoxy) is 2. The van der Waals surface area contributed by atoms with E-state index in [1.54, 1.807) is 6.20 Å². The quantitative estimate of drug-likeness (QED) is 0.0851. The summed E-state index contributed by atoms with van der Waals surface area (Å²) in [6.45, 7) is -1.14. The molecule has 1 aromatic carbocycles. The molecule has 22 heteroatoms. The number of nitrogen functional groups attached to an aromatic ring is 1. The number of anilines is 1. The summed E-state index contributed by atoms with van der Waals surface area (Å²) in [4.78, 5) is 55.6.